The first-order valence-electron chi connectivity index (χ1n) is 6.05. The van der Waals surface area contributed by atoms with Gasteiger partial charge in [-0.2, -0.15) is 13.2 Å². The van der Waals surface area contributed by atoms with E-state index in [2.05, 4.69) is 5.32 Å². The molecule has 2 rings (SSSR count). The molecule has 0 saturated heterocycles. The Bertz CT molecular complexity index is 608. The van der Waals surface area contributed by atoms with Crippen molar-refractivity contribution < 1.29 is 27.5 Å². The van der Waals surface area contributed by atoms with Crippen LogP contribution in [-0.4, -0.2) is 17.6 Å². The van der Waals surface area contributed by atoms with Crippen LogP contribution in [0.4, 0.5) is 13.2 Å². The minimum atomic E-state index is -4.62. The summed E-state index contributed by atoms with van der Waals surface area (Å²) in [5.41, 5.74) is -1.51. The number of furan rings is 1. The Balaban J connectivity index is 2.08. The van der Waals surface area contributed by atoms with Crippen molar-refractivity contribution in [1.82, 2.24) is 5.32 Å². The van der Waals surface area contributed by atoms with Crippen molar-refractivity contribution in [2.75, 3.05) is 6.54 Å². The van der Waals surface area contributed by atoms with Crippen LogP contribution in [0, 0.1) is 0 Å². The topological polar surface area (TPSA) is 62.5 Å². The van der Waals surface area contributed by atoms with Gasteiger partial charge in [0.25, 0.3) is 5.91 Å². The first-order valence-corrected chi connectivity index (χ1v) is 6.05. The van der Waals surface area contributed by atoms with E-state index in [-0.39, 0.29) is 12.3 Å². The highest BCUT2D eigenvalue weighted by molar-refractivity contribution is 5.95. The Morgan fingerprint density at radius 1 is 1.24 bits per heavy atom. The molecule has 1 heterocycles. The monoisotopic (exact) mass is 299 g/mol. The van der Waals surface area contributed by atoms with Crippen molar-refractivity contribution in [1.29, 1.82) is 0 Å². The average Bonchev–Trinajstić information content (AvgIpc) is 2.97. The molecule has 112 valence electrons. The zero-order chi connectivity index (χ0) is 15.5. The number of aliphatic hydroxyl groups excluding tert-OH is 1. The summed E-state index contributed by atoms with van der Waals surface area (Å²) in [5.74, 6) is -0.687. The third-order valence-corrected chi connectivity index (χ3v) is 2.80. The summed E-state index contributed by atoms with van der Waals surface area (Å²) in [6.45, 7) is -0.251. The van der Waals surface area contributed by atoms with Gasteiger partial charge in [0.05, 0.1) is 23.9 Å². The van der Waals surface area contributed by atoms with Gasteiger partial charge < -0.3 is 14.8 Å². The summed E-state index contributed by atoms with van der Waals surface area (Å²) in [6, 6.07) is 7.51. The van der Waals surface area contributed by atoms with Crippen LogP contribution in [0.2, 0.25) is 0 Å². The minimum Gasteiger partial charge on any atom is -0.467 e. The van der Waals surface area contributed by atoms with Gasteiger partial charge >= 0.3 is 6.18 Å². The highest BCUT2D eigenvalue weighted by Gasteiger charge is 2.34. The maximum atomic E-state index is 12.8. The molecule has 0 spiro atoms. The van der Waals surface area contributed by atoms with Crippen LogP contribution in [0.25, 0.3) is 0 Å². The standard InChI is InChI=1S/C14H12F3NO3/c15-14(16,17)10-5-2-1-4-9(10)13(20)18-8-11(19)12-6-3-7-21-12/h1-7,11,19H,8H2,(H,18,20). The molecule has 0 aliphatic carbocycles. The molecule has 1 unspecified atom stereocenters. The fourth-order valence-corrected chi connectivity index (χ4v) is 1.79. The molecule has 1 aromatic heterocycles. The molecule has 0 bridgehead atoms. The summed E-state index contributed by atoms with van der Waals surface area (Å²) in [6.07, 6.45) is -4.39. The van der Waals surface area contributed by atoms with Gasteiger partial charge in [-0.3, -0.25) is 4.79 Å². The SMILES string of the molecule is O=C(NCC(O)c1ccco1)c1ccccc1C(F)(F)F. The van der Waals surface area contributed by atoms with Crippen LogP contribution >= 0.6 is 0 Å². The summed E-state index contributed by atoms with van der Waals surface area (Å²) >= 11 is 0. The normalized spacial score (nSPS) is 13.0. The third-order valence-electron chi connectivity index (χ3n) is 2.80. The Morgan fingerprint density at radius 2 is 1.95 bits per heavy atom. The van der Waals surface area contributed by atoms with E-state index in [1.165, 1.54) is 24.5 Å². The van der Waals surface area contributed by atoms with E-state index in [1.807, 2.05) is 0 Å². The summed E-state index contributed by atoms with van der Waals surface area (Å²) in [5, 5.41) is 12.0. The van der Waals surface area contributed by atoms with Crippen LogP contribution < -0.4 is 5.32 Å². The summed E-state index contributed by atoms with van der Waals surface area (Å²) in [7, 11) is 0. The molecule has 2 N–H and O–H groups in total. The van der Waals surface area contributed by atoms with E-state index >= 15 is 0 Å². The van der Waals surface area contributed by atoms with E-state index in [9.17, 15) is 23.1 Å². The molecule has 2 aromatic rings. The maximum Gasteiger partial charge on any atom is 0.417 e. The van der Waals surface area contributed by atoms with Crippen molar-refractivity contribution in [3.63, 3.8) is 0 Å². The van der Waals surface area contributed by atoms with Crippen molar-refractivity contribution in [3.8, 4) is 0 Å². The van der Waals surface area contributed by atoms with Gasteiger partial charge in [0.2, 0.25) is 0 Å². The fraction of sp³-hybridized carbons (Fsp3) is 0.214. The highest BCUT2D eigenvalue weighted by atomic mass is 19.4. The zero-order valence-electron chi connectivity index (χ0n) is 10.7. The lowest BCUT2D eigenvalue weighted by molar-refractivity contribution is -0.137. The quantitative estimate of drug-likeness (QED) is 0.912. The number of carbonyl (C=O) groups is 1. The number of aliphatic hydroxyl groups is 1. The first kappa shape index (κ1) is 15.1. The van der Waals surface area contributed by atoms with Crippen molar-refractivity contribution in [2.45, 2.75) is 12.3 Å². The molecule has 0 aliphatic rings. The number of carbonyl (C=O) groups excluding carboxylic acids is 1. The zero-order valence-corrected chi connectivity index (χ0v) is 10.7. The number of halogens is 3. The molecule has 1 amide bonds. The summed E-state index contributed by atoms with van der Waals surface area (Å²) < 4.78 is 43.3. The lowest BCUT2D eigenvalue weighted by atomic mass is 10.1. The predicted octanol–water partition coefficient (Wildman–Crippen LogP) is 2.76. The molecule has 7 heteroatoms. The van der Waals surface area contributed by atoms with E-state index in [0.717, 1.165) is 12.1 Å². The molecule has 0 aliphatic heterocycles. The first-order chi connectivity index (χ1) is 9.89. The minimum absolute atomic E-state index is 0.222. The van der Waals surface area contributed by atoms with Crippen LogP contribution in [-0.2, 0) is 6.18 Å². The second kappa shape index (κ2) is 6.01. The van der Waals surface area contributed by atoms with Crippen LogP contribution in [0.15, 0.2) is 47.1 Å². The largest absolute Gasteiger partial charge is 0.467 e. The number of amides is 1. The number of nitrogens with one attached hydrogen (secondary N) is 1. The lowest BCUT2D eigenvalue weighted by Gasteiger charge is -2.14. The van der Waals surface area contributed by atoms with Crippen molar-refractivity contribution in [2.24, 2.45) is 0 Å². The highest BCUT2D eigenvalue weighted by Crippen LogP contribution is 2.31. The second-order valence-corrected chi connectivity index (χ2v) is 4.28. The van der Waals surface area contributed by atoms with Gasteiger partial charge in [0.15, 0.2) is 0 Å². The number of benzene rings is 1. The van der Waals surface area contributed by atoms with Crippen LogP contribution in [0.5, 0.6) is 0 Å². The van der Waals surface area contributed by atoms with E-state index in [4.69, 9.17) is 4.42 Å². The molecule has 0 radical (unpaired) electrons. The summed E-state index contributed by atoms with van der Waals surface area (Å²) in [4.78, 5) is 11.8. The van der Waals surface area contributed by atoms with Crippen molar-refractivity contribution in [3.05, 3.63) is 59.5 Å². The molecular weight excluding hydrogens is 287 g/mol. The van der Waals surface area contributed by atoms with Gasteiger partial charge in [0, 0.05) is 0 Å². The van der Waals surface area contributed by atoms with E-state index < -0.39 is 29.3 Å². The van der Waals surface area contributed by atoms with Crippen LogP contribution in [0.3, 0.4) is 0 Å². The third kappa shape index (κ3) is 3.63. The van der Waals surface area contributed by atoms with Gasteiger partial charge in [-0.05, 0) is 24.3 Å². The predicted molar refractivity (Wildman–Crippen MR) is 67.4 cm³/mol. The van der Waals surface area contributed by atoms with E-state index in [0.29, 0.717) is 0 Å². The molecule has 21 heavy (non-hydrogen) atoms. The number of alkyl halides is 3. The Labute approximate surface area is 118 Å². The van der Waals surface area contributed by atoms with Crippen molar-refractivity contribution >= 4 is 5.91 Å². The number of rotatable bonds is 4. The lowest BCUT2D eigenvalue weighted by Crippen LogP contribution is -2.30. The number of hydrogen-bond donors (Lipinski definition) is 2. The average molecular weight is 299 g/mol. The van der Waals surface area contributed by atoms with Gasteiger partial charge in [-0.25, -0.2) is 0 Å². The Kier molecular flexibility index (Phi) is 4.32. The van der Waals surface area contributed by atoms with Gasteiger partial charge in [-0.1, -0.05) is 12.1 Å². The Morgan fingerprint density at radius 3 is 2.57 bits per heavy atom. The fourth-order valence-electron chi connectivity index (χ4n) is 1.79. The van der Waals surface area contributed by atoms with E-state index in [1.54, 1.807) is 6.07 Å². The maximum absolute atomic E-state index is 12.8. The Hall–Kier alpha value is -2.28. The number of hydrogen-bond acceptors (Lipinski definition) is 3. The molecule has 4 nitrogen and oxygen atoms in total. The molecule has 0 fully saturated rings. The molecule has 1 aromatic carbocycles. The molecular formula is C14H12F3NO3. The second-order valence-electron chi connectivity index (χ2n) is 4.28. The molecule has 1 atom stereocenters. The smallest absolute Gasteiger partial charge is 0.417 e. The molecule has 0 saturated carbocycles. The van der Waals surface area contributed by atoms with Crippen LogP contribution in [0.1, 0.15) is 27.8 Å². The van der Waals surface area contributed by atoms with Gasteiger partial charge in [-0.15, -0.1) is 0 Å². The van der Waals surface area contributed by atoms with Gasteiger partial charge in [0.1, 0.15) is 11.9 Å².